The molecule has 1 amide bonds. The van der Waals surface area contributed by atoms with Crippen molar-refractivity contribution < 1.29 is 13.2 Å². The van der Waals surface area contributed by atoms with Gasteiger partial charge in [0.2, 0.25) is 0 Å². The number of nitrogens with one attached hydrogen (secondary N) is 1. The first kappa shape index (κ1) is 13.2. The van der Waals surface area contributed by atoms with Crippen LogP contribution < -0.4 is 0 Å². The molecule has 2 heterocycles. The van der Waals surface area contributed by atoms with Crippen LogP contribution in [0.15, 0.2) is 30.3 Å². The molecule has 0 radical (unpaired) electrons. The fourth-order valence-electron chi connectivity index (χ4n) is 2.62. The Kier molecular flexibility index (Phi) is 3.05. The van der Waals surface area contributed by atoms with Crippen LogP contribution in [-0.2, 0) is 9.84 Å². The molecule has 20 heavy (non-hydrogen) atoms. The largest absolute Gasteiger partial charge is 0.351 e. The maximum Gasteiger partial charge on any atom is 0.270 e. The number of benzene rings is 1. The Morgan fingerprint density at radius 3 is 2.75 bits per heavy atom. The van der Waals surface area contributed by atoms with E-state index in [1.807, 2.05) is 30.3 Å². The number of carbonyl (C=O) groups excluding carboxylic acids is 1. The van der Waals surface area contributed by atoms with Gasteiger partial charge in [-0.1, -0.05) is 18.2 Å². The van der Waals surface area contributed by atoms with E-state index in [0.29, 0.717) is 18.7 Å². The Labute approximate surface area is 117 Å². The highest BCUT2D eigenvalue weighted by atomic mass is 32.2. The van der Waals surface area contributed by atoms with Gasteiger partial charge in [-0.25, -0.2) is 8.42 Å². The van der Waals surface area contributed by atoms with Crippen LogP contribution in [0.2, 0.25) is 0 Å². The molecule has 1 aliphatic heterocycles. The van der Waals surface area contributed by atoms with Crippen LogP contribution in [0.3, 0.4) is 0 Å². The number of fused-ring (bicyclic) bond motifs is 1. The van der Waals surface area contributed by atoms with Crippen LogP contribution in [0.5, 0.6) is 0 Å². The molecule has 1 fully saturated rings. The molecule has 1 aromatic carbocycles. The van der Waals surface area contributed by atoms with Gasteiger partial charge in [-0.2, -0.15) is 0 Å². The molecule has 3 rings (SSSR count). The van der Waals surface area contributed by atoms with Crippen LogP contribution >= 0.6 is 0 Å². The molecular weight excluding hydrogens is 276 g/mol. The van der Waals surface area contributed by atoms with E-state index in [0.717, 1.165) is 10.9 Å². The number of aromatic nitrogens is 1. The molecule has 0 saturated carbocycles. The number of amides is 1. The molecule has 106 valence electrons. The minimum absolute atomic E-state index is 0.132. The molecule has 1 aromatic heterocycles. The smallest absolute Gasteiger partial charge is 0.270 e. The molecule has 5 nitrogen and oxygen atoms in total. The monoisotopic (exact) mass is 292 g/mol. The van der Waals surface area contributed by atoms with Crippen molar-refractivity contribution in [3.05, 3.63) is 36.0 Å². The summed E-state index contributed by atoms with van der Waals surface area (Å²) < 4.78 is 23.1. The highest BCUT2D eigenvalue weighted by molar-refractivity contribution is 7.91. The summed E-state index contributed by atoms with van der Waals surface area (Å²) in [5.74, 6) is -0.132. The second-order valence-corrected chi connectivity index (χ2v) is 7.59. The Balaban J connectivity index is 1.83. The van der Waals surface area contributed by atoms with Gasteiger partial charge in [-0.15, -0.1) is 0 Å². The predicted octanol–water partition coefficient (Wildman–Crippen LogP) is 1.43. The zero-order valence-corrected chi connectivity index (χ0v) is 12.0. The SMILES string of the molecule is CS(=O)(=O)C1CCN(C(=O)c2cc3ccccc3[nH]2)C1. The van der Waals surface area contributed by atoms with Crippen molar-refractivity contribution in [1.82, 2.24) is 9.88 Å². The summed E-state index contributed by atoms with van der Waals surface area (Å²) in [6, 6.07) is 9.48. The summed E-state index contributed by atoms with van der Waals surface area (Å²) in [5.41, 5.74) is 1.43. The van der Waals surface area contributed by atoms with Crippen LogP contribution in [0, 0.1) is 0 Å². The first-order valence-corrected chi connectivity index (χ1v) is 8.46. The maximum atomic E-state index is 12.4. The number of hydrogen-bond donors (Lipinski definition) is 1. The van der Waals surface area contributed by atoms with E-state index in [2.05, 4.69) is 4.98 Å². The van der Waals surface area contributed by atoms with E-state index in [1.54, 1.807) is 4.90 Å². The number of aromatic amines is 1. The summed E-state index contributed by atoms with van der Waals surface area (Å²) >= 11 is 0. The Morgan fingerprint density at radius 2 is 2.10 bits per heavy atom. The highest BCUT2D eigenvalue weighted by Crippen LogP contribution is 2.21. The van der Waals surface area contributed by atoms with Gasteiger partial charge < -0.3 is 9.88 Å². The lowest BCUT2D eigenvalue weighted by atomic mass is 10.2. The third-order valence-corrected chi connectivity index (χ3v) is 5.39. The molecular formula is C14H16N2O3S. The predicted molar refractivity (Wildman–Crippen MR) is 77.5 cm³/mol. The van der Waals surface area contributed by atoms with Crippen LogP contribution in [0.1, 0.15) is 16.9 Å². The van der Waals surface area contributed by atoms with Crippen LogP contribution in [-0.4, -0.2) is 48.8 Å². The second-order valence-electron chi connectivity index (χ2n) is 5.26. The minimum atomic E-state index is -3.08. The zero-order valence-electron chi connectivity index (χ0n) is 11.2. The summed E-state index contributed by atoms with van der Waals surface area (Å²) in [5, 5.41) is 0.547. The van der Waals surface area contributed by atoms with Crippen molar-refractivity contribution in [2.45, 2.75) is 11.7 Å². The van der Waals surface area contributed by atoms with Crippen molar-refractivity contribution in [3.63, 3.8) is 0 Å². The number of carbonyl (C=O) groups is 1. The fraction of sp³-hybridized carbons (Fsp3) is 0.357. The van der Waals surface area contributed by atoms with Crippen molar-refractivity contribution in [1.29, 1.82) is 0 Å². The van der Waals surface area contributed by atoms with E-state index < -0.39 is 15.1 Å². The quantitative estimate of drug-likeness (QED) is 0.910. The number of hydrogen-bond acceptors (Lipinski definition) is 3. The van der Waals surface area contributed by atoms with E-state index in [-0.39, 0.29) is 12.5 Å². The van der Waals surface area contributed by atoms with Crippen molar-refractivity contribution in [3.8, 4) is 0 Å². The van der Waals surface area contributed by atoms with E-state index in [4.69, 9.17) is 0 Å². The van der Waals surface area contributed by atoms with E-state index >= 15 is 0 Å². The number of para-hydroxylation sites is 1. The van der Waals surface area contributed by atoms with Crippen LogP contribution in [0.4, 0.5) is 0 Å². The maximum absolute atomic E-state index is 12.4. The molecule has 1 unspecified atom stereocenters. The molecule has 6 heteroatoms. The lowest BCUT2D eigenvalue weighted by molar-refractivity contribution is 0.0788. The topological polar surface area (TPSA) is 70.2 Å². The Bertz CT molecular complexity index is 731. The average Bonchev–Trinajstić information content (AvgIpc) is 3.04. The van der Waals surface area contributed by atoms with Gasteiger partial charge in [0.05, 0.1) is 5.25 Å². The molecule has 1 N–H and O–H groups in total. The summed E-state index contributed by atoms with van der Waals surface area (Å²) in [6.07, 6.45) is 1.75. The Morgan fingerprint density at radius 1 is 1.35 bits per heavy atom. The standard InChI is InChI=1S/C14H16N2O3S/c1-20(18,19)11-6-7-16(9-11)14(17)13-8-10-4-2-3-5-12(10)15-13/h2-5,8,11,15H,6-7,9H2,1H3. The lowest BCUT2D eigenvalue weighted by Gasteiger charge is -2.14. The fourth-order valence-corrected chi connectivity index (χ4v) is 3.61. The number of H-pyrrole nitrogens is 1. The van der Waals surface area contributed by atoms with Crippen LogP contribution in [0.25, 0.3) is 10.9 Å². The first-order valence-electron chi connectivity index (χ1n) is 6.51. The molecule has 0 bridgehead atoms. The number of sulfone groups is 1. The second kappa shape index (κ2) is 4.63. The molecule has 1 atom stereocenters. The number of likely N-dealkylation sites (tertiary alicyclic amines) is 1. The number of rotatable bonds is 2. The summed E-state index contributed by atoms with van der Waals surface area (Å²) in [7, 11) is -3.08. The minimum Gasteiger partial charge on any atom is -0.351 e. The van der Waals surface area contributed by atoms with Gasteiger partial charge in [0.25, 0.3) is 5.91 Å². The average molecular weight is 292 g/mol. The van der Waals surface area contributed by atoms with Gasteiger partial charge in [-0.3, -0.25) is 4.79 Å². The Hall–Kier alpha value is -1.82. The summed E-state index contributed by atoms with van der Waals surface area (Å²) in [4.78, 5) is 17.1. The van der Waals surface area contributed by atoms with Gasteiger partial charge in [-0.05, 0) is 18.6 Å². The normalized spacial score (nSPS) is 19.6. The molecule has 0 spiro atoms. The molecule has 1 saturated heterocycles. The third-order valence-electron chi connectivity index (χ3n) is 3.80. The van der Waals surface area contributed by atoms with Crippen molar-refractivity contribution in [2.75, 3.05) is 19.3 Å². The highest BCUT2D eigenvalue weighted by Gasteiger charge is 2.33. The van der Waals surface area contributed by atoms with Gasteiger partial charge in [0.1, 0.15) is 5.69 Å². The summed E-state index contributed by atoms with van der Waals surface area (Å²) in [6.45, 7) is 0.777. The molecule has 0 aliphatic carbocycles. The third kappa shape index (κ3) is 2.31. The first-order chi connectivity index (χ1) is 9.45. The molecule has 1 aliphatic rings. The molecule has 2 aromatic rings. The van der Waals surface area contributed by atoms with Gasteiger partial charge in [0, 0.05) is 30.2 Å². The van der Waals surface area contributed by atoms with Crippen molar-refractivity contribution >= 4 is 26.6 Å². The van der Waals surface area contributed by atoms with Gasteiger partial charge >= 0.3 is 0 Å². The van der Waals surface area contributed by atoms with E-state index in [9.17, 15) is 13.2 Å². The zero-order chi connectivity index (χ0) is 14.3. The van der Waals surface area contributed by atoms with Crippen molar-refractivity contribution in [2.24, 2.45) is 0 Å². The van der Waals surface area contributed by atoms with Gasteiger partial charge in [0.15, 0.2) is 9.84 Å². The lowest BCUT2D eigenvalue weighted by Crippen LogP contribution is -2.31. The number of nitrogens with zero attached hydrogens (tertiary/aromatic N) is 1. The van der Waals surface area contributed by atoms with E-state index in [1.165, 1.54) is 6.26 Å².